The average molecular weight is 532 g/mol. The normalized spacial score (nSPS) is 13.9. The third kappa shape index (κ3) is 4.66. The van der Waals surface area contributed by atoms with Gasteiger partial charge in [0, 0.05) is 4.47 Å². The van der Waals surface area contributed by atoms with Gasteiger partial charge < -0.3 is 0 Å². The van der Waals surface area contributed by atoms with Crippen molar-refractivity contribution >= 4 is 48.2 Å². The smallest absolute Gasteiger partial charge is 0.0181 e. The zero-order valence-corrected chi connectivity index (χ0v) is 25.5. The quantitative estimate of drug-likeness (QED) is 0.198. The van der Waals surface area contributed by atoms with E-state index in [9.17, 15) is 0 Å². The van der Waals surface area contributed by atoms with E-state index in [1.165, 1.54) is 54.6 Å². The summed E-state index contributed by atoms with van der Waals surface area (Å²) in [5.74, 6) is 0. The fraction of sp³-hybridized carbons (Fsp3) is 0.471. The van der Waals surface area contributed by atoms with Gasteiger partial charge in [0.25, 0.3) is 0 Å². The molecule has 35 heavy (non-hydrogen) atoms. The highest BCUT2D eigenvalue weighted by molar-refractivity contribution is 9.10. The van der Waals surface area contributed by atoms with Gasteiger partial charge in [0.05, 0.1) is 0 Å². The first-order valence-corrected chi connectivity index (χ1v) is 13.8. The largest absolute Gasteiger partial charge is 0.0561 e. The molecular weight excluding hydrogens is 488 g/mol. The van der Waals surface area contributed by atoms with E-state index >= 15 is 0 Å². The standard InChI is InChI=1S/C34H43Br/c1-31(2,3)27-18-25-26(19-28(27)32(4,5)6)30(34(10,11)12)24-17-21-15-22(35)14-13-20(21)16-23(24)29(25)33(7,8)9/h13-19H,1-12H3. The predicted octanol–water partition coefficient (Wildman–Crippen LogP) is 11.1. The number of rotatable bonds is 0. The minimum absolute atomic E-state index is 0.00497. The molecule has 1 heteroatoms. The summed E-state index contributed by atoms with van der Waals surface area (Å²) in [5.41, 5.74) is 6.00. The summed E-state index contributed by atoms with van der Waals surface area (Å²) in [7, 11) is 0. The molecule has 0 unspecified atom stereocenters. The van der Waals surface area contributed by atoms with Crippen LogP contribution >= 0.6 is 15.9 Å². The van der Waals surface area contributed by atoms with Crippen LogP contribution in [-0.4, -0.2) is 0 Å². The predicted molar refractivity (Wildman–Crippen MR) is 161 cm³/mol. The second-order valence-corrected chi connectivity index (χ2v) is 15.5. The van der Waals surface area contributed by atoms with Crippen LogP contribution in [0.4, 0.5) is 0 Å². The van der Waals surface area contributed by atoms with Crippen molar-refractivity contribution in [3.63, 3.8) is 0 Å². The molecular formula is C34H43Br. The van der Waals surface area contributed by atoms with Crippen LogP contribution in [0.3, 0.4) is 0 Å². The van der Waals surface area contributed by atoms with E-state index in [0.717, 1.165) is 4.47 Å². The SMILES string of the molecule is CC(C)(C)c1cc2c(C(C)(C)C)c3cc4ccc(Br)cc4cc3c(C(C)(C)C)c2cc1C(C)(C)C. The van der Waals surface area contributed by atoms with Crippen LogP contribution in [0.2, 0.25) is 0 Å². The molecule has 0 aliphatic heterocycles. The van der Waals surface area contributed by atoms with Gasteiger partial charge in [0.15, 0.2) is 0 Å². The molecule has 4 rings (SSSR count). The summed E-state index contributed by atoms with van der Waals surface area (Å²) in [4.78, 5) is 0. The lowest BCUT2D eigenvalue weighted by Gasteiger charge is -2.35. The van der Waals surface area contributed by atoms with Crippen molar-refractivity contribution in [1.29, 1.82) is 0 Å². The molecule has 0 bridgehead atoms. The van der Waals surface area contributed by atoms with Crippen molar-refractivity contribution in [3.05, 3.63) is 69.2 Å². The lowest BCUT2D eigenvalue weighted by Crippen LogP contribution is -2.24. The van der Waals surface area contributed by atoms with E-state index in [0.29, 0.717) is 0 Å². The van der Waals surface area contributed by atoms with E-state index in [-0.39, 0.29) is 21.7 Å². The van der Waals surface area contributed by atoms with Gasteiger partial charge in [-0.15, -0.1) is 0 Å². The van der Waals surface area contributed by atoms with Crippen molar-refractivity contribution in [3.8, 4) is 0 Å². The first-order chi connectivity index (χ1) is 15.8. The number of hydrogen-bond donors (Lipinski definition) is 0. The fourth-order valence-electron chi connectivity index (χ4n) is 5.84. The average Bonchev–Trinajstić information content (AvgIpc) is 2.66. The number of fused-ring (bicyclic) bond motifs is 3. The Labute approximate surface area is 221 Å². The minimum Gasteiger partial charge on any atom is -0.0561 e. The van der Waals surface area contributed by atoms with Crippen LogP contribution in [0.15, 0.2) is 46.9 Å². The summed E-state index contributed by atoms with van der Waals surface area (Å²) < 4.78 is 1.13. The summed E-state index contributed by atoms with van der Waals surface area (Å²) in [6.45, 7) is 28.4. The third-order valence-corrected chi connectivity index (χ3v) is 7.78. The van der Waals surface area contributed by atoms with Crippen LogP contribution in [-0.2, 0) is 21.7 Å². The van der Waals surface area contributed by atoms with Crippen molar-refractivity contribution in [2.45, 2.75) is 105 Å². The van der Waals surface area contributed by atoms with E-state index < -0.39 is 0 Å². The topological polar surface area (TPSA) is 0 Å². The Morgan fingerprint density at radius 1 is 0.429 bits per heavy atom. The Hall–Kier alpha value is -1.86. The summed E-state index contributed by atoms with van der Waals surface area (Å²) in [6, 6.07) is 16.7. The van der Waals surface area contributed by atoms with Gasteiger partial charge in [-0.1, -0.05) is 105 Å². The van der Waals surface area contributed by atoms with Gasteiger partial charge in [-0.25, -0.2) is 0 Å². The van der Waals surface area contributed by atoms with E-state index in [4.69, 9.17) is 0 Å². The molecule has 0 nitrogen and oxygen atoms in total. The maximum atomic E-state index is 3.70. The Balaban J connectivity index is 2.40. The van der Waals surface area contributed by atoms with Crippen LogP contribution in [0.5, 0.6) is 0 Å². The van der Waals surface area contributed by atoms with Crippen molar-refractivity contribution < 1.29 is 0 Å². The first kappa shape index (κ1) is 26.2. The lowest BCUT2D eigenvalue weighted by molar-refractivity contribution is 0.530. The van der Waals surface area contributed by atoms with Gasteiger partial charge in [0.2, 0.25) is 0 Å². The van der Waals surface area contributed by atoms with Crippen LogP contribution in [0.25, 0.3) is 32.3 Å². The lowest BCUT2D eigenvalue weighted by atomic mass is 9.69. The summed E-state index contributed by atoms with van der Waals surface area (Å²) >= 11 is 3.70. The van der Waals surface area contributed by atoms with Gasteiger partial charge in [0.1, 0.15) is 0 Å². The molecule has 0 aliphatic rings. The Morgan fingerprint density at radius 3 is 1.17 bits per heavy atom. The van der Waals surface area contributed by atoms with E-state index in [2.05, 4.69) is 141 Å². The van der Waals surface area contributed by atoms with Crippen LogP contribution in [0, 0.1) is 0 Å². The third-order valence-electron chi connectivity index (χ3n) is 7.29. The highest BCUT2D eigenvalue weighted by atomic mass is 79.9. The Morgan fingerprint density at radius 2 is 0.800 bits per heavy atom. The molecule has 0 N–H and O–H groups in total. The van der Waals surface area contributed by atoms with Crippen LogP contribution in [0.1, 0.15) is 105 Å². The molecule has 0 aliphatic carbocycles. The van der Waals surface area contributed by atoms with Crippen molar-refractivity contribution in [2.24, 2.45) is 0 Å². The highest BCUT2D eigenvalue weighted by Crippen LogP contribution is 2.48. The van der Waals surface area contributed by atoms with Crippen LogP contribution < -0.4 is 0 Å². The van der Waals surface area contributed by atoms with Gasteiger partial charge >= 0.3 is 0 Å². The highest BCUT2D eigenvalue weighted by Gasteiger charge is 2.32. The monoisotopic (exact) mass is 530 g/mol. The zero-order valence-electron chi connectivity index (χ0n) is 23.9. The Kier molecular flexibility index (Phi) is 6.04. The molecule has 0 saturated heterocycles. The van der Waals surface area contributed by atoms with Gasteiger partial charge in [-0.05, 0) is 113 Å². The van der Waals surface area contributed by atoms with E-state index in [1.807, 2.05) is 0 Å². The molecule has 0 fully saturated rings. The summed E-state index contributed by atoms with van der Waals surface area (Å²) in [6.07, 6.45) is 0. The fourth-order valence-corrected chi connectivity index (χ4v) is 6.22. The molecule has 4 aromatic carbocycles. The van der Waals surface area contributed by atoms with E-state index in [1.54, 1.807) is 0 Å². The molecule has 0 heterocycles. The van der Waals surface area contributed by atoms with Crippen molar-refractivity contribution in [1.82, 2.24) is 0 Å². The van der Waals surface area contributed by atoms with Gasteiger partial charge in [-0.3, -0.25) is 0 Å². The number of halogens is 1. The molecule has 0 aromatic heterocycles. The van der Waals surface area contributed by atoms with Gasteiger partial charge in [-0.2, -0.15) is 0 Å². The van der Waals surface area contributed by atoms with Crippen molar-refractivity contribution in [2.75, 3.05) is 0 Å². The maximum absolute atomic E-state index is 3.70. The Bertz CT molecular complexity index is 1460. The molecule has 4 aromatic rings. The molecule has 0 spiro atoms. The molecule has 186 valence electrons. The molecule has 0 atom stereocenters. The second kappa shape index (κ2) is 8.07. The molecule has 0 amide bonds. The molecule has 0 radical (unpaired) electrons. The second-order valence-electron chi connectivity index (χ2n) is 14.6. The summed E-state index contributed by atoms with van der Waals surface area (Å²) in [5, 5.41) is 8.22. The molecule has 0 saturated carbocycles. The zero-order chi connectivity index (χ0) is 26.3. The first-order valence-electron chi connectivity index (χ1n) is 13.0. The maximum Gasteiger partial charge on any atom is 0.0181 e. The number of hydrogen-bond acceptors (Lipinski definition) is 0. The minimum atomic E-state index is 0.00497. The number of benzene rings is 4.